The first kappa shape index (κ1) is 38.9. The van der Waals surface area contributed by atoms with Gasteiger partial charge in [0, 0.05) is 73.3 Å². The Hall–Kier alpha value is -2.89. The van der Waals surface area contributed by atoms with Crippen molar-refractivity contribution in [3.05, 3.63) is 89.1 Å². The van der Waals surface area contributed by atoms with Crippen molar-refractivity contribution in [1.82, 2.24) is 4.98 Å². The van der Waals surface area contributed by atoms with Crippen molar-refractivity contribution >= 4 is 69.5 Å². The second kappa shape index (κ2) is 15.2. The summed E-state index contributed by atoms with van der Waals surface area (Å²) in [6.45, 7) is 21.1. The van der Waals surface area contributed by atoms with Gasteiger partial charge in [0.15, 0.2) is 5.78 Å². The van der Waals surface area contributed by atoms with Crippen molar-refractivity contribution < 1.29 is 30.0 Å². The van der Waals surface area contributed by atoms with E-state index in [9.17, 15) is 9.90 Å². The zero-order chi connectivity index (χ0) is 35.0. The Bertz CT molecular complexity index is 2140. The molecule has 0 bridgehead atoms. The number of aryl methyl sites for hydroxylation is 1. The number of pyridine rings is 1. The zero-order valence-electron chi connectivity index (χ0n) is 30.6. The van der Waals surface area contributed by atoms with Gasteiger partial charge in [-0.2, -0.15) is 0 Å². The van der Waals surface area contributed by atoms with Gasteiger partial charge in [0.25, 0.3) is 0 Å². The molecule has 0 atom stereocenters. The van der Waals surface area contributed by atoms with Crippen molar-refractivity contribution in [2.24, 2.45) is 10.8 Å². The van der Waals surface area contributed by atoms with Gasteiger partial charge in [0.05, 0.1) is 0 Å². The van der Waals surface area contributed by atoms with Crippen molar-refractivity contribution in [3.8, 4) is 11.3 Å². The normalized spacial score (nSPS) is 12.7. The van der Waals surface area contributed by atoms with Crippen LogP contribution in [0.4, 0.5) is 0 Å². The number of fused-ring (bicyclic) bond motifs is 6. The van der Waals surface area contributed by atoms with Gasteiger partial charge in [-0.15, -0.1) is 51.8 Å². The number of aromatic nitrogens is 1. The third-order valence-electron chi connectivity index (χ3n) is 10.6. The molecule has 3 aromatic heterocycles. The fraction of sp³-hybridized carbons (Fsp3) is 0.395. The van der Waals surface area contributed by atoms with Crippen LogP contribution in [-0.2, 0) is 30.3 Å². The number of hydrogen-bond acceptors (Lipinski definition) is 5. The van der Waals surface area contributed by atoms with E-state index in [1.54, 1.807) is 0 Å². The summed E-state index contributed by atoms with van der Waals surface area (Å²) in [7, 11) is 0. The monoisotopic (exact) mass is 869 g/mol. The quantitative estimate of drug-likeness (QED) is 0.0942. The molecule has 0 aliphatic heterocycles. The van der Waals surface area contributed by atoms with E-state index >= 15 is 0 Å². The van der Waals surface area contributed by atoms with E-state index in [1.807, 2.05) is 70.4 Å². The number of aliphatic hydroxyl groups is 1. The molecule has 49 heavy (non-hydrogen) atoms. The van der Waals surface area contributed by atoms with Crippen molar-refractivity contribution in [3.63, 3.8) is 0 Å². The third kappa shape index (κ3) is 7.59. The molecule has 1 radical (unpaired) electrons. The number of carbonyl (C=O) groups is 1. The van der Waals surface area contributed by atoms with Gasteiger partial charge < -0.3 is 5.11 Å². The molecular formula is C43H50IrNO2S2-. The molecule has 0 saturated carbocycles. The van der Waals surface area contributed by atoms with Crippen molar-refractivity contribution in [1.29, 1.82) is 0 Å². The predicted molar refractivity (Wildman–Crippen MR) is 211 cm³/mol. The van der Waals surface area contributed by atoms with E-state index in [-0.39, 0.29) is 47.9 Å². The van der Waals surface area contributed by atoms with Crippen LogP contribution in [0.15, 0.2) is 72.6 Å². The molecular weight excluding hydrogens is 819 g/mol. The van der Waals surface area contributed by atoms with Crippen molar-refractivity contribution in [2.75, 3.05) is 0 Å². The van der Waals surface area contributed by atoms with Gasteiger partial charge in [-0.25, -0.2) is 0 Å². The largest absolute Gasteiger partial charge is 0.512 e. The number of allylic oxidation sites excluding steroid dienone is 2. The second-order valence-electron chi connectivity index (χ2n) is 14.7. The summed E-state index contributed by atoms with van der Waals surface area (Å²) < 4.78 is 3.97. The van der Waals surface area contributed by atoms with E-state index in [1.165, 1.54) is 52.2 Å². The van der Waals surface area contributed by atoms with Gasteiger partial charge in [0.1, 0.15) is 5.76 Å². The molecule has 0 saturated heterocycles. The fourth-order valence-electron chi connectivity index (χ4n) is 6.27. The summed E-state index contributed by atoms with van der Waals surface area (Å²) >= 11 is 3.74. The minimum Gasteiger partial charge on any atom is -0.512 e. The first-order valence-electron chi connectivity index (χ1n) is 17.3. The number of aliphatic hydroxyl groups excluding tert-OH is 1. The van der Waals surface area contributed by atoms with Gasteiger partial charge in [-0.1, -0.05) is 97.5 Å². The topological polar surface area (TPSA) is 50.2 Å². The number of carbonyl (C=O) groups excluding carboxylic acids is 1. The maximum absolute atomic E-state index is 12.2. The Morgan fingerprint density at radius 1 is 0.837 bits per heavy atom. The molecule has 6 aromatic rings. The molecule has 1 N–H and O–H groups in total. The Morgan fingerprint density at radius 2 is 1.49 bits per heavy atom. The predicted octanol–water partition coefficient (Wildman–Crippen LogP) is 13.5. The molecule has 6 rings (SSSR count). The molecule has 0 aliphatic rings. The van der Waals surface area contributed by atoms with E-state index in [0.29, 0.717) is 0 Å². The molecule has 0 aliphatic carbocycles. The van der Waals surface area contributed by atoms with Crippen LogP contribution in [-0.4, -0.2) is 15.9 Å². The smallest absolute Gasteiger partial charge is 0.164 e. The average molecular weight is 869 g/mol. The Morgan fingerprint density at radius 3 is 2.12 bits per heavy atom. The third-order valence-corrected chi connectivity index (χ3v) is 12.9. The number of nitrogens with zero attached hydrogens (tertiary/aromatic N) is 1. The fourth-order valence-corrected chi connectivity index (χ4v) is 8.61. The number of benzene rings is 3. The summed E-state index contributed by atoms with van der Waals surface area (Å²) in [5.74, 6) is 0.286. The summed E-state index contributed by atoms with van der Waals surface area (Å²) in [6, 6.07) is 23.6. The molecule has 0 unspecified atom stereocenters. The van der Waals surface area contributed by atoms with E-state index in [2.05, 4.69) is 88.4 Å². The molecule has 3 heterocycles. The van der Waals surface area contributed by atoms with Crippen molar-refractivity contribution in [2.45, 2.75) is 100 Å². The maximum atomic E-state index is 12.2. The minimum atomic E-state index is -0.337. The number of rotatable bonds is 8. The van der Waals surface area contributed by atoms with E-state index in [0.717, 1.165) is 42.3 Å². The van der Waals surface area contributed by atoms with Crippen LogP contribution in [0, 0.1) is 23.8 Å². The van der Waals surface area contributed by atoms with Crippen LogP contribution in [0.25, 0.3) is 52.3 Å². The van der Waals surface area contributed by atoms with E-state index < -0.39 is 0 Å². The summed E-state index contributed by atoms with van der Waals surface area (Å²) in [4.78, 5) is 18.4. The average Bonchev–Trinajstić information content (AvgIpc) is 3.66. The Balaban J connectivity index is 0.000000260. The molecule has 261 valence electrons. The maximum Gasteiger partial charge on any atom is 0.164 e. The van der Waals surface area contributed by atoms with Crippen LogP contribution in [0.1, 0.15) is 98.4 Å². The van der Waals surface area contributed by atoms with Gasteiger partial charge in [0.2, 0.25) is 0 Å². The number of ketones is 1. The van der Waals surface area contributed by atoms with E-state index in [4.69, 9.17) is 4.98 Å². The van der Waals surface area contributed by atoms with Gasteiger partial charge >= 0.3 is 0 Å². The molecule has 0 spiro atoms. The molecule has 0 fully saturated rings. The molecule has 3 nitrogen and oxygen atoms in total. The summed E-state index contributed by atoms with van der Waals surface area (Å²) in [5.41, 5.74) is 2.90. The Kier molecular flexibility index (Phi) is 12.0. The standard InChI is InChI=1S/C28H22NS2.C15H28O2.Ir/c1-16-13-18-9-10-23-24(26(18)30-16)21-11-12-29-25(27(21)31-23)19-14-17-7-5-6-8-20(17)22(15-19)28(2,3)4;1-7-14(5,8-2)12(16)11-13(17)15(6,9-3)10-4;/h5-13,15H,1-4H3;11,16H,7-10H2,1-6H3;/q-1;;/b;12-11-;. The molecule has 0 amide bonds. The zero-order valence-corrected chi connectivity index (χ0v) is 34.7. The summed E-state index contributed by atoms with van der Waals surface area (Å²) in [5, 5.41) is 16.6. The molecule has 6 heteroatoms. The van der Waals surface area contributed by atoms with Gasteiger partial charge in [-0.05, 0) is 67.0 Å². The number of thiophene rings is 2. The first-order chi connectivity index (χ1) is 22.7. The van der Waals surface area contributed by atoms with Crippen LogP contribution in [0.5, 0.6) is 0 Å². The SMILES string of the molecule is CCC(C)(CC)C(=O)/C=C(\O)C(C)(CC)CC.Cc1cc2ccc3sc4c(-c5[c-]c6ccccc6c(C(C)(C)C)c5)nccc4c3c2s1.[Ir]. The van der Waals surface area contributed by atoms with Crippen LogP contribution in [0.2, 0.25) is 0 Å². The molecule has 3 aromatic carbocycles. The minimum absolute atomic E-state index is 0. The number of hydrogen-bond donors (Lipinski definition) is 1. The van der Waals surface area contributed by atoms with Crippen LogP contribution < -0.4 is 0 Å². The Labute approximate surface area is 314 Å². The second-order valence-corrected chi connectivity index (χ2v) is 17.0. The summed E-state index contributed by atoms with van der Waals surface area (Å²) in [6.07, 6.45) is 6.72. The first-order valence-corrected chi connectivity index (χ1v) is 18.9. The van der Waals surface area contributed by atoms with Gasteiger partial charge in [-0.3, -0.25) is 9.78 Å². The van der Waals surface area contributed by atoms with Crippen LogP contribution >= 0.6 is 22.7 Å². The van der Waals surface area contributed by atoms with Crippen LogP contribution in [0.3, 0.4) is 0 Å².